The number of halogens is 2. The van der Waals surface area contributed by atoms with Crippen LogP contribution >= 0.6 is 0 Å². The highest BCUT2D eigenvalue weighted by Crippen LogP contribution is 2.47. The molecule has 2 unspecified atom stereocenters. The first kappa shape index (κ1) is 33.5. The molecule has 4 atom stereocenters. The predicted molar refractivity (Wildman–Crippen MR) is 201 cm³/mol. The number of nitrogens with zero attached hydrogens (tertiary/aromatic N) is 4. The van der Waals surface area contributed by atoms with Crippen molar-refractivity contribution in [2.24, 2.45) is 0 Å². The van der Waals surface area contributed by atoms with E-state index in [0.717, 1.165) is 75.6 Å². The molecule has 0 radical (unpaired) electrons. The van der Waals surface area contributed by atoms with E-state index < -0.39 is 0 Å². The van der Waals surface area contributed by atoms with Gasteiger partial charge in [0.05, 0.1) is 5.56 Å². The van der Waals surface area contributed by atoms with Gasteiger partial charge in [0.2, 0.25) is 0 Å². The van der Waals surface area contributed by atoms with Crippen LogP contribution in [0, 0.1) is 11.6 Å². The largest absolute Gasteiger partial charge is 0.334 e. The van der Waals surface area contributed by atoms with E-state index >= 15 is 4.39 Å². The third kappa shape index (κ3) is 6.25. The van der Waals surface area contributed by atoms with Crippen LogP contribution in [0.2, 0.25) is 0 Å². The first-order chi connectivity index (χ1) is 26.5. The quantitative estimate of drug-likeness (QED) is 0.122. The molecule has 0 spiro atoms. The van der Waals surface area contributed by atoms with Crippen LogP contribution < -0.4 is 10.6 Å². The maximum atomic E-state index is 15.7. The topological polar surface area (TPSA) is 102 Å². The van der Waals surface area contributed by atoms with E-state index in [2.05, 4.69) is 68.4 Å². The SMILES string of the molecule is Fc1cccc(-c2nc(C3(CN[C@H]4CC4c4cccc(-c5ccc(-c6nc(C7(CN[C@H]8CC8c8ccccc8)CCC7)no6)c(F)c5)c4)CCC3)no2)c1. The highest BCUT2D eigenvalue weighted by Gasteiger charge is 2.47. The maximum absolute atomic E-state index is 15.7. The summed E-state index contributed by atoms with van der Waals surface area (Å²) in [6, 6.07) is 31.4. The highest BCUT2D eigenvalue weighted by atomic mass is 19.1. The zero-order chi connectivity index (χ0) is 36.3. The molecule has 0 bridgehead atoms. The highest BCUT2D eigenvalue weighted by molar-refractivity contribution is 5.69. The fraction of sp³-hybridized carbons (Fsp3) is 0.364. The van der Waals surface area contributed by atoms with E-state index in [-0.39, 0.29) is 28.4 Å². The summed E-state index contributed by atoms with van der Waals surface area (Å²) in [6.07, 6.45) is 8.36. The van der Waals surface area contributed by atoms with Crippen molar-refractivity contribution in [3.8, 4) is 34.0 Å². The Morgan fingerprint density at radius 2 is 1.19 bits per heavy atom. The van der Waals surface area contributed by atoms with Gasteiger partial charge in [0.25, 0.3) is 11.8 Å². The van der Waals surface area contributed by atoms with Gasteiger partial charge in [-0.15, -0.1) is 0 Å². The Labute approximate surface area is 312 Å². The number of hydrogen-bond acceptors (Lipinski definition) is 8. The van der Waals surface area contributed by atoms with Gasteiger partial charge in [-0.3, -0.25) is 0 Å². The van der Waals surface area contributed by atoms with Crippen molar-refractivity contribution < 1.29 is 17.8 Å². The summed E-state index contributed by atoms with van der Waals surface area (Å²) in [5.41, 5.74) is 4.94. The van der Waals surface area contributed by atoms with E-state index in [0.29, 0.717) is 52.6 Å². The van der Waals surface area contributed by atoms with Crippen molar-refractivity contribution in [3.63, 3.8) is 0 Å². The fourth-order valence-corrected chi connectivity index (χ4v) is 8.64. The van der Waals surface area contributed by atoms with Gasteiger partial charge in [0, 0.05) is 53.4 Å². The summed E-state index contributed by atoms with van der Waals surface area (Å²) in [6.45, 7) is 1.56. The van der Waals surface area contributed by atoms with Crippen LogP contribution in [0.1, 0.15) is 86.0 Å². The molecule has 0 saturated heterocycles. The normalized spacial score (nSPS) is 23.4. The number of rotatable bonds is 13. The number of hydrogen-bond donors (Lipinski definition) is 2. The first-order valence-corrected chi connectivity index (χ1v) is 19.3. The lowest BCUT2D eigenvalue weighted by Crippen LogP contribution is -2.45. The van der Waals surface area contributed by atoms with Gasteiger partial charge in [-0.2, -0.15) is 9.97 Å². The van der Waals surface area contributed by atoms with Crippen LogP contribution in [0.5, 0.6) is 0 Å². The molecule has 0 amide bonds. The number of aromatic nitrogens is 4. The van der Waals surface area contributed by atoms with Gasteiger partial charge >= 0.3 is 0 Å². The molecule has 4 saturated carbocycles. The molecule has 54 heavy (non-hydrogen) atoms. The molecular weight excluding hydrogens is 683 g/mol. The summed E-state index contributed by atoms with van der Waals surface area (Å²) < 4.78 is 40.8. The molecule has 0 aliphatic heterocycles. The summed E-state index contributed by atoms with van der Waals surface area (Å²) >= 11 is 0. The standard InChI is InChI=1S/C44H42F2N6O2/c45-32-13-5-12-31(21-32)39-49-41(51-53-39)43(16-6-17-43)25-48-38-24-35(38)30-11-4-10-28(20-30)29-14-15-33(36(46)22-29)40-50-42(52-54-40)44(18-7-19-44)26-47-37-23-34(37)27-8-2-1-3-9-27/h1-5,8-15,20-22,34-35,37-38,47-48H,6-7,16-19,23-26H2/t34?,35?,37-,38-/m0/s1. The van der Waals surface area contributed by atoms with E-state index in [9.17, 15) is 4.39 Å². The molecule has 4 aliphatic rings. The van der Waals surface area contributed by atoms with Crippen LogP contribution in [-0.4, -0.2) is 45.5 Å². The third-order valence-electron chi connectivity index (χ3n) is 12.6. The molecule has 2 heterocycles. The predicted octanol–water partition coefficient (Wildman–Crippen LogP) is 8.87. The van der Waals surface area contributed by atoms with Gasteiger partial charge in [-0.25, -0.2) is 8.78 Å². The lowest BCUT2D eigenvalue weighted by molar-refractivity contribution is 0.211. The minimum absolute atomic E-state index is 0.169. The molecule has 2 aromatic heterocycles. The molecule has 4 aromatic carbocycles. The molecule has 4 aliphatic carbocycles. The monoisotopic (exact) mass is 724 g/mol. The molecule has 10 rings (SSSR count). The summed E-state index contributed by atoms with van der Waals surface area (Å²) in [5, 5.41) is 16.2. The van der Waals surface area contributed by atoms with Crippen LogP contribution in [-0.2, 0) is 10.8 Å². The van der Waals surface area contributed by atoms with E-state index in [1.165, 1.54) is 23.3 Å². The van der Waals surface area contributed by atoms with E-state index in [1.54, 1.807) is 24.3 Å². The minimum atomic E-state index is -0.378. The zero-order valence-corrected chi connectivity index (χ0v) is 30.0. The molecule has 4 fully saturated rings. The molecule has 6 aromatic rings. The summed E-state index contributed by atoms with van der Waals surface area (Å²) in [4.78, 5) is 9.44. The Hall–Kier alpha value is -5.06. The van der Waals surface area contributed by atoms with Crippen molar-refractivity contribution in [1.82, 2.24) is 30.9 Å². The fourth-order valence-electron chi connectivity index (χ4n) is 8.64. The zero-order valence-electron chi connectivity index (χ0n) is 30.0. The lowest BCUT2D eigenvalue weighted by atomic mass is 9.68. The van der Waals surface area contributed by atoms with Gasteiger partial charge in [-0.1, -0.05) is 89.9 Å². The molecule has 8 nitrogen and oxygen atoms in total. The summed E-state index contributed by atoms with van der Waals surface area (Å²) in [7, 11) is 0. The van der Waals surface area contributed by atoms with Crippen molar-refractivity contribution in [2.45, 2.75) is 86.1 Å². The van der Waals surface area contributed by atoms with Crippen LogP contribution in [0.4, 0.5) is 8.78 Å². The van der Waals surface area contributed by atoms with Gasteiger partial charge in [-0.05, 0) is 91.1 Å². The number of nitrogens with one attached hydrogen (secondary N) is 2. The average molecular weight is 725 g/mol. The third-order valence-corrected chi connectivity index (χ3v) is 12.6. The number of benzene rings is 4. The second kappa shape index (κ2) is 13.4. The van der Waals surface area contributed by atoms with Crippen molar-refractivity contribution in [2.75, 3.05) is 13.1 Å². The Bertz CT molecular complexity index is 2300. The molecule has 10 heteroatoms. The van der Waals surface area contributed by atoms with Crippen LogP contribution in [0.3, 0.4) is 0 Å². The van der Waals surface area contributed by atoms with Crippen LogP contribution in [0.25, 0.3) is 34.0 Å². The van der Waals surface area contributed by atoms with E-state index in [1.807, 2.05) is 18.2 Å². The second-order valence-electron chi connectivity index (χ2n) is 16.0. The lowest BCUT2D eigenvalue weighted by Gasteiger charge is -2.39. The molecular formula is C44H42F2N6O2. The summed E-state index contributed by atoms with van der Waals surface area (Å²) in [5.74, 6) is 2.15. The van der Waals surface area contributed by atoms with Gasteiger partial charge < -0.3 is 19.7 Å². The average Bonchev–Trinajstić information content (AvgIpc) is 4.00. The van der Waals surface area contributed by atoms with Crippen LogP contribution in [0.15, 0.2) is 106 Å². The molecule has 274 valence electrons. The Morgan fingerprint density at radius 3 is 1.83 bits per heavy atom. The van der Waals surface area contributed by atoms with Crippen molar-refractivity contribution in [3.05, 3.63) is 131 Å². The second-order valence-corrected chi connectivity index (χ2v) is 16.0. The maximum Gasteiger partial charge on any atom is 0.260 e. The smallest absolute Gasteiger partial charge is 0.260 e. The van der Waals surface area contributed by atoms with Crippen molar-refractivity contribution >= 4 is 0 Å². The Kier molecular flexibility index (Phi) is 8.29. The van der Waals surface area contributed by atoms with Crippen molar-refractivity contribution in [1.29, 1.82) is 0 Å². The van der Waals surface area contributed by atoms with E-state index in [4.69, 9.17) is 14.0 Å². The molecule has 2 N–H and O–H groups in total. The minimum Gasteiger partial charge on any atom is -0.334 e. The van der Waals surface area contributed by atoms with Gasteiger partial charge in [0.1, 0.15) is 11.6 Å². The Balaban J connectivity index is 0.777. The first-order valence-electron chi connectivity index (χ1n) is 19.3. The van der Waals surface area contributed by atoms with Gasteiger partial charge in [0.15, 0.2) is 11.6 Å². The Morgan fingerprint density at radius 1 is 0.593 bits per heavy atom.